The minimum absolute atomic E-state index is 0.00760. The van der Waals surface area contributed by atoms with E-state index >= 15 is 0 Å². The summed E-state index contributed by atoms with van der Waals surface area (Å²) in [5.41, 5.74) is 0. The van der Waals surface area contributed by atoms with Crippen molar-refractivity contribution in [3.63, 3.8) is 0 Å². The van der Waals surface area contributed by atoms with Gasteiger partial charge in [-0.3, -0.25) is 10.1 Å². The van der Waals surface area contributed by atoms with E-state index in [1.54, 1.807) is 6.07 Å². The summed E-state index contributed by atoms with van der Waals surface area (Å²) in [4.78, 5) is 23.4. The summed E-state index contributed by atoms with van der Waals surface area (Å²) in [5.74, 6) is 1.05. The molecule has 3 amide bonds. The summed E-state index contributed by atoms with van der Waals surface area (Å²) in [7, 11) is 0. The van der Waals surface area contributed by atoms with E-state index in [4.69, 9.17) is 13.9 Å². The quantitative estimate of drug-likeness (QED) is 0.720. The third-order valence-corrected chi connectivity index (χ3v) is 4.59. The number of hydrogen-bond acceptors (Lipinski definition) is 8. The zero-order chi connectivity index (χ0) is 19.2. The van der Waals surface area contributed by atoms with E-state index in [2.05, 4.69) is 20.8 Å². The van der Waals surface area contributed by atoms with E-state index in [9.17, 15) is 9.59 Å². The molecular formula is C17H20N4O5S. The van der Waals surface area contributed by atoms with E-state index in [0.717, 1.165) is 18.2 Å². The molecule has 1 aliphatic rings. The van der Waals surface area contributed by atoms with Crippen molar-refractivity contribution in [2.24, 2.45) is 0 Å². The Hall–Kier alpha value is -2.75. The number of para-hydroxylation sites is 2. The zero-order valence-electron chi connectivity index (χ0n) is 14.9. The van der Waals surface area contributed by atoms with Crippen LogP contribution >= 0.6 is 11.8 Å². The fourth-order valence-electron chi connectivity index (χ4n) is 2.20. The number of hydrogen-bond donors (Lipinski definition) is 2. The van der Waals surface area contributed by atoms with Crippen LogP contribution in [-0.2, 0) is 4.79 Å². The van der Waals surface area contributed by atoms with Gasteiger partial charge >= 0.3 is 6.03 Å². The van der Waals surface area contributed by atoms with Gasteiger partial charge < -0.3 is 19.2 Å². The minimum Gasteiger partial charge on any atom is -0.485 e. The van der Waals surface area contributed by atoms with Crippen LogP contribution in [0.5, 0.6) is 11.5 Å². The second-order valence-corrected chi connectivity index (χ2v) is 6.82. The molecule has 1 aromatic heterocycles. The van der Waals surface area contributed by atoms with Gasteiger partial charge in [0.2, 0.25) is 12.0 Å². The molecule has 0 saturated heterocycles. The third kappa shape index (κ3) is 5.13. The van der Waals surface area contributed by atoms with Gasteiger partial charge in [0.1, 0.15) is 6.61 Å². The Balaban J connectivity index is 1.49. The fourth-order valence-corrected chi connectivity index (χ4v) is 2.77. The lowest BCUT2D eigenvalue weighted by molar-refractivity contribution is -0.117. The number of fused-ring (bicyclic) bond motifs is 1. The highest BCUT2D eigenvalue weighted by atomic mass is 32.2. The zero-order valence-corrected chi connectivity index (χ0v) is 15.7. The number of nitrogens with zero attached hydrogens (tertiary/aromatic N) is 2. The summed E-state index contributed by atoms with van der Waals surface area (Å²) in [5, 5.41) is 13.0. The van der Waals surface area contributed by atoms with E-state index in [1.807, 2.05) is 32.0 Å². The standard InChI is InChI=1S/C17H20N4O5S/c1-3-10(2)18-16(23)19-14(22)9-27-17-21-20-15(26-17)13-8-24-11-6-4-5-7-12(11)25-13/h4-7,10,13H,3,8-9H2,1-2H3,(H2,18,19,22,23)/t10-,13-/m1/s1. The number of carbonyl (C=O) groups excluding carboxylic acids is 2. The van der Waals surface area contributed by atoms with Crippen molar-refractivity contribution in [1.29, 1.82) is 0 Å². The molecule has 2 heterocycles. The molecular weight excluding hydrogens is 372 g/mol. The first-order valence-corrected chi connectivity index (χ1v) is 9.48. The number of urea groups is 1. The molecule has 0 saturated carbocycles. The largest absolute Gasteiger partial charge is 0.485 e. The van der Waals surface area contributed by atoms with Gasteiger partial charge in [0.15, 0.2) is 11.5 Å². The Morgan fingerprint density at radius 2 is 2.07 bits per heavy atom. The molecule has 2 aromatic rings. The molecule has 0 unspecified atom stereocenters. The Morgan fingerprint density at radius 1 is 1.30 bits per heavy atom. The lowest BCUT2D eigenvalue weighted by Gasteiger charge is -2.23. The molecule has 144 valence electrons. The molecule has 27 heavy (non-hydrogen) atoms. The smallest absolute Gasteiger partial charge is 0.321 e. The number of benzene rings is 1. The summed E-state index contributed by atoms with van der Waals surface area (Å²) in [6.45, 7) is 4.04. The molecule has 0 radical (unpaired) electrons. The number of imide groups is 1. The number of ether oxygens (including phenoxy) is 2. The molecule has 0 spiro atoms. The Kier molecular flexibility index (Phi) is 6.17. The first kappa shape index (κ1) is 19.0. The average molecular weight is 392 g/mol. The van der Waals surface area contributed by atoms with Crippen molar-refractivity contribution in [2.75, 3.05) is 12.4 Å². The molecule has 1 aliphatic heterocycles. The van der Waals surface area contributed by atoms with Gasteiger partial charge in [-0.15, -0.1) is 10.2 Å². The lowest BCUT2D eigenvalue weighted by atomic mass is 10.2. The van der Waals surface area contributed by atoms with Gasteiger partial charge in [-0.25, -0.2) is 4.79 Å². The van der Waals surface area contributed by atoms with E-state index in [1.165, 1.54) is 0 Å². The number of nitrogens with one attached hydrogen (secondary N) is 2. The molecule has 9 nitrogen and oxygen atoms in total. The van der Waals surface area contributed by atoms with Crippen molar-refractivity contribution < 1.29 is 23.5 Å². The van der Waals surface area contributed by atoms with Crippen LogP contribution in [0.1, 0.15) is 32.3 Å². The van der Waals surface area contributed by atoms with Crippen LogP contribution in [0.3, 0.4) is 0 Å². The molecule has 3 rings (SSSR count). The average Bonchev–Trinajstić information content (AvgIpc) is 3.15. The van der Waals surface area contributed by atoms with Gasteiger partial charge in [0, 0.05) is 6.04 Å². The fraction of sp³-hybridized carbons (Fsp3) is 0.412. The predicted molar refractivity (Wildman–Crippen MR) is 96.8 cm³/mol. The number of thioether (sulfide) groups is 1. The normalized spacial score (nSPS) is 16.4. The highest BCUT2D eigenvalue weighted by Gasteiger charge is 2.27. The van der Waals surface area contributed by atoms with Crippen molar-refractivity contribution in [3.05, 3.63) is 30.2 Å². The van der Waals surface area contributed by atoms with Crippen molar-refractivity contribution in [3.8, 4) is 11.5 Å². The first-order valence-electron chi connectivity index (χ1n) is 8.50. The molecule has 2 atom stereocenters. The highest BCUT2D eigenvalue weighted by Crippen LogP contribution is 2.35. The number of amides is 3. The highest BCUT2D eigenvalue weighted by molar-refractivity contribution is 7.99. The number of rotatable bonds is 6. The van der Waals surface area contributed by atoms with Gasteiger partial charge in [-0.1, -0.05) is 30.8 Å². The van der Waals surface area contributed by atoms with Crippen LogP contribution in [-0.4, -0.2) is 40.5 Å². The topological polar surface area (TPSA) is 116 Å². The minimum atomic E-state index is -0.521. The molecule has 0 fully saturated rings. The molecule has 2 N–H and O–H groups in total. The van der Waals surface area contributed by atoms with E-state index in [0.29, 0.717) is 11.5 Å². The van der Waals surface area contributed by atoms with E-state index < -0.39 is 18.0 Å². The molecule has 10 heteroatoms. The van der Waals surface area contributed by atoms with Crippen LogP contribution in [0.25, 0.3) is 0 Å². The van der Waals surface area contributed by atoms with Crippen molar-refractivity contribution >= 4 is 23.7 Å². The summed E-state index contributed by atoms with van der Waals surface area (Å²) in [6.07, 6.45) is 0.260. The lowest BCUT2D eigenvalue weighted by Crippen LogP contribution is -2.43. The predicted octanol–water partition coefficient (Wildman–Crippen LogP) is 2.30. The monoisotopic (exact) mass is 392 g/mol. The molecule has 0 bridgehead atoms. The van der Waals surface area contributed by atoms with Crippen LogP contribution in [0.4, 0.5) is 4.79 Å². The number of aromatic nitrogens is 2. The summed E-state index contributed by atoms with van der Waals surface area (Å²) in [6, 6.07) is 6.78. The van der Waals surface area contributed by atoms with E-state index in [-0.39, 0.29) is 29.5 Å². The van der Waals surface area contributed by atoms with Crippen molar-refractivity contribution in [1.82, 2.24) is 20.8 Å². The van der Waals surface area contributed by atoms with Crippen LogP contribution in [0.2, 0.25) is 0 Å². The summed E-state index contributed by atoms with van der Waals surface area (Å²) >= 11 is 1.04. The Morgan fingerprint density at radius 3 is 2.85 bits per heavy atom. The maximum absolute atomic E-state index is 11.8. The summed E-state index contributed by atoms with van der Waals surface area (Å²) < 4.78 is 16.9. The van der Waals surface area contributed by atoms with Gasteiger partial charge in [0.05, 0.1) is 5.75 Å². The van der Waals surface area contributed by atoms with Crippen molar-refractivity contribution in [2.45, 2.75) is 37.6 Å². The van der Waals surface area contributed by atoms with Crippen LogP contribution < -0.4 is 20.1 Å². The second kappa shape index (κ2) is 8.76. The maximum Gasteiger partial charge on any atom is 0.321 e. The van der Waals surface area contributed by atoms with Crippen LogP contribution in [0, 0.1) is 0 Å². The van der Waals surface area contributed by atoms with Gasteiger partial charge in [0.25, 0.3) is 11.1 Å². The Bertz CT molecular complexity index is 812. The molecule has 1 aromatic carbocycles. The SMILES string of the molecule is CC[C@@H](C)NC(=O)NC(=O)CSc1nnc([C@H]2COc3ccccc3O2)o1. The number of carbonyl (C=O) groups is 2. The second-order valence-electron chi connectivity index (χ2n) is 5.89. The van der Waals surface area contributed by atoms with Gasteiger partial charge in [-0.05, 0) is 25.5 Å². The third-order valence-electron chi connectivity index (χ3n) is 3.78. The Labute approximate surface area is 160 Å². The van der Waals surface area contributed by atoms with Gasteiger partial charge in [-0.2, -0.15) is 0 Å². The van der Waals surface area contributed by atoms with Crippen LogP contribution in [0.15, 0.2) is 33.9 Å². The first-order chi connectivity index (χ1) is 13.0. The maximum atomic E-state index is 11.8. The molecule has 0 aliphatic carbocycles.